The van der Waals surface area contributed by atoms with Gasteiger partial charge in [-0.1, -0.05) is 72.3 Å². The molecule has 2 aliphatic rings. The molecule has 0 saturated carbocycles. The van der Waals surface area contributed by atoms with Gasteiger partial charge in [-0.15, -0.1) is 0 Å². The Labute approximate surface area is 239 Å². The molecule has 6 heteroatoms. The third-order valence-electron chi connectivity index (χ3n) is 7.55. The Hall–Kier alpha value is -4.09. The van der Waals surface area contributed by atoms with Crippen molar-refractivity contribution in [2.24, 2.45) is 10.9 Å². The predicted molar refractivity (Wildman–Crippen MR) is 160 cm³/mol. The van der Waals surface area contributed by atoms with Crippen LogP contribution in [-0.4, -0.2) is 12.8 Å². The SMILES string of the molecule is CCOc1cc(C=Nc2ccc([C@@H]3Nc4ccccc4[C@H]4C=CC[C@H]43)cc2)cc(Cl)c1OCc1ccccc1F. The number of para-hydroxylation sites is 1. The second-order valence-electron chi connectivity index (χ2n) is 10.1. The third kappa shape index (κ3) is 5.34. The molecule has 0 spiro atoms. The molecular weight excluding hydrogens is 523 g/mol. The molecule has 0 radical (unpaired) electrons. The molecule has 0 bridgehead atoms. The van der Waals surface area contributed by atoms with Crippen LogP contribution in [0.1, 0.15) is 47.6 Å². The van der Waals surface area contributed by atoms with Crippen LogP contribution in [0, 0.1) is 11.7 Å². The Morgan fingerprint density at radius 1 is 1.00 bits per heavy atom. The van der Waals surface area contributed by atoms with Gasteiger partial charge >= 0.3 is 0 Å². The zero-order chi connectivity index (χ0) is 27.5. The van der Waals surface area contributed by atoms with Gasteiger partial charge in [0.1, 0.15) is 12.4 Å². The minimum absolute atomic E-state index is 0.0470. The van der Waals surface area contributed by atoms with E-state index in [4.69, 9.17) is 21.1 Å². The predicted octanol–water partition coefficient (Wildman–Crippen LogP) is 9.03. The highest BCUT2D eigenvalue weighted by Crippen LogP contribution is 2.49. The van der Waals surface area contributed by atoms with Gasteiger partial charge in [0.05, 0.1) is 23.4 Å². The summed E-state index contributed by atoms with van der Waals surface area (Å²) in [6, 6.07) is 27.4. The fourth-order valence-electron chi connectivity index (χ4n) is 5.62. The van der Waals surface area contributed by atoms with Crippen LogP contribution in [0.25, 0.3) is 0 Å². The van der Waals surface area contributed by atoms with Gasteiger partial charge in [0.2, 0.25) is 0 Å². The fraction of sp³-hybridized carbons (Fsp3) is 0.206. The molecule has 0 saturated heterocycles. The molecule has 0 unspecified atom stereocenters. The van der Waals surface area contributed by atoms with E-state index in [1.54, 1.807) is 30.5 Å². The molecule has 1 N–H and O–H groups in total. The number of fused-ring (bicyclic) bond motifs is 3. The molecule has 4 aromatic carbocycles. The minimum atomic E-state index is -0.324. The molecule has 3 atom stereocenters. The van der Waals surface area contributed by atoms with E-state index >= 15 is 0 Å². The number of benzene rings is 4. The smallest absolute Gasteiger partial charge is 0.180 e. The topological polar surface area (TPSA) is 42.8 Å². The lowest BCUT2D eigenvalue weighted by Crippen LogP contribution is -2.28. The lowest BCUT2D eigenvalue weighted by molar-refractivity contribution is 0.266. The number of aliphatic imine (C=N–C) groups is 1. The maximum absolute atomic E-state index is 14.0. The van der Waals surface area contributed by atoms with E-state index in [9.17, 15) is 4.39 Å². The number of nitrogens with zero attached hydrogens (tertiary/aromatic N) is 1. The molecule has 4 aromatic rings. The standard InChI is InChI=1S/C34H30ClFN2O2/c1-2-39-32-19-22(18-29(35)34(32)40-21-24-8-3-5-12-30(24)36)20-37-25-16-14-23(15-17-25)33-28-11-7-10-26(28)27-9-4-6-13-31(27)38-33/h3-10,12-20,26,28,33,38H,2,11,21H2,1H3/t26-,28-,33+/m1/s1. The van der Waals surface area contributed by atoms with E-state index < -0.39 is 0 Å². The fourth-order valence-corrected chi connectivity index (χ4v) is 5.89. The summed E-state index contributed by atoms with van der Waals surface area (Å²) in [6.07, 6.45) is 7.49. The van der Waals surface area contributed by atoms with Crippen molar-refractivity contribution in [3.63, 3.8) is 0 Å². The quantitative estimate of drug-likeness (QED) is 0.175. The van der Waals surface area contributed by atoms with Crippen molar-refractivity contribution in [2.75, 3.05) is 11.9 Å². The maximum Gasteiger partial charge on any atom is 0.180 e. The summed E-state index contributed by atoms with van der Waals surface area (Å²) in [5.41, 5.74) is 5.92. The van der Waals surface area contributed by atoms with E-state index in [-0.39, 0.29) is 18.5 Å². The summed E-state index contributed by atoms with van der Waals surface area (Å²) in [5.74, 6) is 1.50. The van der Waals surface area contributed by atoms with Gasteiger partial charge in [0.15, 0.2) is 11.5 Å². The van der Waals surface area contributed by atoms with E-state index in [0.717, 1.165) is 17.7 Å². The van der Waals surface area contributed by atoms with Gasteiger partial charge in [0.25, 0.3) is 0 Å². The summed E-state index contributed by atoms with van der Waals surface area (Å²) in [7, 11) is 0. The summed E-state index contributed by atoms with van der Waals surface area (Å²) in [6.45, 7) is 2.37. The van der Waals surface area contributed by atoms with Crippen LogP contribution in [0.2, 0.25) is 5.02 Å². The van der Waals surface area contributed by atoms with E-state index in [2.05, 4.69) is 58.9 Å². The molecule has 40 heavy (non-hydrogen) atoms. The number of rotatable bonds is 8. The average molecular weight is 553 g/mol. The first-order valence-electron chi connectivity index (χ1n) is 13.6. The van der Waals surface area contributed by atoms with Crippen molar-refractivity contribution in [1.82, 2.24) is 0 Å². The number of allylic oxidation sites excluding steroid dienone is 2. The minimum Gasteiger partial charge on any atom is -0.490 e. The number of anilines is 1. The first kappa shape index (κ1) is 26.1. The summed E-state index contributed by atoms with van der Waals surface area (Å²) in [4.78, 5) is 4.68. The molecule has 0 aromatic heterocycles. The molecule has 4 nitrogen and oxygen atoms in total. The molecule has 6 rings (SSSR count). The Balaban J connectivity index is 1.18. The van der Waals surface area contributed by atoms with Gasteiger partial charge in [-0.2, -0.15) is 0 Å². The Morgan fingerprint density at radius 2 is 1.80 bits per heavy atom. The van der Waals surface area contributed by atoms with Gasteiger partial charge < -0.3 is 14.8 Å². The molecule has 0 fully saturated rings. The van der Waals surface area contributed by atoms with Crippen molar-refractivity contribution in [3.05, 3.63) is 130 Å². The maximum atomic E-state index is 14.0. The highest BCUT2D eigenvalue weighted by atomic mass is 35.5. The van der Waals surface area contributed by atoms with Crippen molar-refractivity contribution in [1.29, 1.82) is 0 Å². The molecule has 1 heterocycles. The second kappa shape index (κ2) is 11.6. The molecule has 202 valence electrons. The zero-order valence-electron chi connectivity index (χ0n) is 22.2. The van der Waals surface area contributed by atoms with E-state index in [1.807, 2.05) is 25.1 Å². The van der Waals surface area contributed by atoms with Gasteiger partial charge in [-0.05, 0) is 72.4 Å². The second-order valence-corrected chi connectivity index (χ2v) is 10.5. The Bertz CT molecular complexity index is 1570. The average Bonchev–Trinajstić information content (AvgIpc) is 3.47. The van der Waals surface area contributed by atoms with Crippen LogP contribution < -0.4 is 14.8 Å². The molecular formula is C34H30ClFN2O2. The monoisotopic (exact) mass is 552 g/mol. The number of halogens is 2. The van der Waals surface area contributed by atoms with Crippen LogP contribution in [-0.2, 0) is 6.61 Å². The largest absolute Gasteiger partial charge is 0.490 e. The number of hydrogen-bond donors (Lipinski definition) is 1. The van der Waals surface area contributed by atoms with E-state index in [0.29, 0.717) is 40.5 Å². The highest BCUT2D eigenvalue weighted by Gasteiger charge is 2.37. The van der Waals surface area contributed by atoms with Gasteiger partial charge in [0, 0.05) is 23.4 Å². The number of ether oxygens (including phenoxy) is 2. The van der Waals surface area contributed by atoms with Gasteiger partial charge in [-0.25, -0.2) is 4.39 Å². The van der Waals surface area contributed by atoms with Crippen molar-refractivity contribution in [3.8, 4) is 11.5 Å². The van der Waals surface area contributed by atoms with Crippen LogP contribution in [0.4, 0.5) is 15.8 Å². The molecule has 1 aliphatic heterocycles. The highest BCUT2D eigenvalue weighted by molar-refractivity contribution is 6.32. The third-order valence-corrected chi connectivity index (χ3v) is 7.83. The molecule has 0 amide bonds. The number of hydrogen-bond acceptors (Lipinski definition) is 4. The Morgan fingerprint density at radius 3 is 2.62 bits per heavy atom. The van der Waals surface area contributed by atoms with Crippen LogP contribution in [0.15, 0.2) is 102 Å². The summed E-state index contributed by atoms with van der Waals surface area (Å²) >= 11 is 6.57. The number of nitrogens with one attached hydrogen (secondary N) is 1. The summed E-state index contributed by atoms with van der Waals surface area (Å²) in [5, 5.41) is 4.15. The summed E-state index contributed by atoms with van der Waals surface area (Å²) < 4.78 is 25.7. The first-order valence-corrected chi connectivity index (χ1v) is 14.0. The van der Waals surface area contributed by atoms with Crippen LogP contribution in [0.3, 0.4) is 0 Å². The molecule has 1 aliphatic carbocycles. The van der Waals surface area contributed by atoms with E-state index in [1.165, 1.54) is 22.9 Å². The van der Waals surface area contributed by atoms with Crippen LogP contribution in [0.5, 0.6) is 11.5 Å². The van der Waals surface area contributed by atoms with Crippen molar-refractivity contribution < 1.29 is 13.9 Å². The lowest BCUT2D eigenvalue weighted by atomic mass is 9.77. The first-order chi connectivity index (χ1) is 19.6. The van der Waals surface area contributed by atoms with Gasteiger partial charge in [-0.3, -0.25) is 4.99 Å². The Kier molecular flexibility index (Phi) is 7.56. The normalized spacial score (nSPS) is 19.2. The lowest BCUT2D eigenvalue weighted by Gasteiger charge is -2.37. The van der Waals surface area contributed by atoms with Crippen molar-refractivity contribution >= 4 is 29.2 Å². The van der Waals surface area contributed by atoms with Crippen LogP contribution >= 0.6 is 11.6 Å². The van der Waals surface area contributed by atoms with Crippen molar-refractivity contribution in [2.45, 2.75) is 31.9 Å². The zero-order valence-corrected chi connectivity index (χ0v) is 22.9.